The highest BCUT2D eigenvalue weighted by molar-refractivity contribution is 5.71. The van der Waals surface area contributed by atoms with Crippen LogP contribution in [0.4, 0.5) is 0 Å². The Morgan fingerprint density at radius 2 is 2.38 bits per heavy atom. The number of carbonyl (C=O) groups is 1. The molecule has 1 saturated heterocycles. The van der Waals surface area contributed by atoms with Crippen LogP contribution in [0.25, 0.3) is 0 Å². The van der Waals surface area contributed by atoms with Crippen LogP contribution in [0.2, 0.25) is 0 Å². The van der Waals surface area contributed by atoms with E-state index >= 15 is 0 Å². The molecule has 1 rings (SSSR count). The van der Waals surface area contributed by atoms with Gasteiger partial charge in [-0.3, -0.25) is 4.79 Å². The number of hydrogen-bond acceptors (Lipinski definition) is 4. The van der Waals surface area contributed by atoms with E-state index in [2.05, 4.69) is 28.9 Å². The SMILES string of the molecule is COC(=O)CNC1CC(C)N(C)C1. The predicted octanol–water partition coefficient (Wildman–Crippen LogP) is -0.158. The minimum absolute atomic E-state index is 0.192. The smallest absolute Gasteiger partial charge is 0.319 e. The third-order valence-electron chi connectivity index (χ3n) is 2.65. The first-order chi connectivity index (χ1) is 6.13. The number of esters is 1. The van der Waals surface area contributed by atoms with Gasteiger partial charge in [0, 0.05) is 18.6 Å². The molecule has 1 N–H and O–H groups in total. The Labute approximate surface area is 79.2 Å². The molecule has 0 amide bonds. The molecule has 0 radical (unpaired) electrons. The molecule has 0 bridgehead atoms. The first-order valence-electron chi connectivity index (χ1n) is 4.64. The van der Waals surface area contributed by atoms with Gasteiger partial charge < -0.3 is 15.0 Å². The number of rotatable bonds is 3. The lowest BCUT2D eigenvalue weighted by molar-refractivity contribution is -0.139. The van der Waals surface area contributed by atoms with E-state index in [1.165, 1.54) is 7.11 Å². The van der Waals surface area contributed by atoms with Crippen molar-refractivity contribution in [2.24, 2.45) is 0 Å². The Hall–Kier alpha value is -0.610. The maximum absolute atomic E-state index is 10.8. The molecule has 0 aliphatic carbocycles. The van der Waals surface area contributed by atoms with Crippen molar-refractivity contribution in [3.8, 4) is 0 Å². The van der Waals surface area contributed by atoms with Crippen LogP contribution in [0.15, 0.2) is 0 Å². The summed E-state index contributed by atoms with van der Waals surface area (Å²) in [5.74, 6) is -0.192. The van der Waals surface area contributed by atoms with E-state index in [1.54, 1.807) is 0 Å². The summed E-state index contributed by atoms with van der Waals surface area (Å²) in [5.41, 5.74) is 0. The second-order valence-electron chi connectivity index (χ2n) is 3.68. The zero-order valence-electron chi connectivity index (χ0n) is 8.54. The topological polar surface area (TPSA) is 41.6 Å². The van der Waals surface area contributed by atoms with Gasteiger partial charge in [-0.05, 0) is 20.4 Å². The zero-order valence-corrected chi connectivity index (χ0v) is 8.54. The Kier molecular flexibility index (Phi) is 3.69. The Morgan fingerprint density at radius 3 is 2.85 bits per heavy atom. The molecular weight excluding hydrogens is 168 g/mol. The van der Waals surface area contributed by atoms with E-state index in [9.17, 15) is 4.79 Å². The summed E-state index contributed by atoms with van der Waals surface area (Å²) in [6.45, 7) is 3.53. The summed E-state index contributed by atoms with van der Waals surface area (Å²) in [4.78, 5) is 13.1. The van der Waals surface area contributed by atoms with Gasteiger partial charge in [0.2, 0.25) is 0 Å². The van der Waals surface area contributed by atoms with Crippen LogP contribution >= 0.6 is 0 Å². The minimum atomic E-state index is -0.192. The van der Waals surface area contributed by atoms with Crippen LogP contribution in [-0.4, -0.2) is 50.2 Å². The number of methoxy groups -OCH3 is 1. The van der Waals surface area contributed by atoms with E-state index in [4.69, 9.17) is 0 Å². The van der Waals surface area contributed by atoms with Gasteiger partial charge in [0.25, 0.3) is 0 Å². The Balaban J connectivity index is 2.20. The fourth-order valence-electron chi connectivity index (χ4n) is 1.64. The van der Waals surface area contributed by atoms with Crippen molar-refractivity contribution in [3.05, 3.63) is 0 Å². The molecule has 0 saturated carbocycles. The Morgan fingerprint density at radius 1 is 1.69 bits per heavy atom. The lowest BCUT2D eigenvalue weighted by Gasteiger charge is -2.12. The quantitative estimate of drug-likeness (QED) is 0.622. The summed E-state index contributed by atoms with van der Waals surface area (Å²) in [6.07, 6.45) is 1.10. The number of nitrogens with one attached hydrogen (secondary N) is 1. The molecule has 13 heavy (non-hydrogen) atoms. The molecule has 76 valence electrons. The van der Waals surface area contributed by atoms with Crippen LogP contribution in [0, 0.1) is 0 Å². The van der Waals surface area contributed by atoms with Crippen molar-refractivity contribution in [2.75, 3.05) is 27.2 Å². The van der Waals surface area contributed by atoms with E-state index in [0.717, 1.165) is 13.0 Å². The van der Waals surface area contributed by atoms with Crippen LogP contribution < -0.4 is 5.32 Å². The molecule has 1 aliphatic rings. The summed E-state index contributed by atoms with van der Waals surface area (Å²) in [5, 5.41) is 3.18. The van der Waals surface area contributed by atoms with Crippen LogP contribution in [0.1, 0.15) is 13.3 Å². The molecule has 0 aromatic rings. The van der Waals surface area contributed by atoms with Crippen molar-refractivity contribution in [2.45, 2.75) is 25.4 Å². The second-order valence-corrected chi connectivity index (χ2v) is 3.68. The molecule has 2 atom stereocenters. The highest BCUT2D eigenvalue weighted by Crippen LogP contribution is 2.14. The molecule has 0 aromatic carbocycles. The number of carbonyl (C=O) groups excluding carboxylic acids is 1. The highest BCUT2D eigenvalue weighted by atomic mass is 16.5. The van der Waals surface area contributed by atoms with Crippen LogP contribution in [-0.2, 0) is 9.53 Å². The number of likely N-dealkylation sites (N-methyl/N-ethyl adjacent to an activating group) is 1. The molecular formula is C9H18N2O2. The van der Waals surface area contributed by atoms with Crippen molar-refractivity contribution in [1.29, 1.82) is 0 Å². The molecule has 1 heterocycles. The number of hydrogen-bond donors (Lipinski definition) is 1. The van der Waals surface area contributed by atoms with Gasteiger partial charge in [-0.25, -0.2) is 0 Å². The fraction of sp³-hybridized carbons (Fsp3) is 0.889. The molecule has 4 nitrogen and oxygen atoms in total. The monoisotopic (exact) mass is 186 g/mol. The molecule has 0 spiro atoms. The lowest BCUT2D eigenvalue weighted by atomic mass is 10.2. The van der Waals surface area contributed by atoms with Crippen molar-refractivity contribution in [1.82, 2.24) is 10.2 Å². The average Bonchev–Trinajstić information content (AvgIpc) is 2.42. The average molecular weight is 186 g/mol. The standard InChI is InChI=1S/C9H18N2O2/c1-7-4-8(6-11(7)2)10-5-9(12)13-3/h7-8,10H,4-6H2,1-3H3. The first kappa shape index (κ1) is 10.5. The van der Waals surface area contributed by atoms with E-state index in [1.807, 2.05) is 0 Å². The number of likely N-dealkylation sites (tertiary alicyclic amines) is 1. The third kappa shape index (κ3) is 2.97. The van der Waals surface area contributed by atoms with Gasteiger partial charge in [0.05, 0.1) is 13.7 Å². The Bertz CT molecular complexity index is 174. The predicted molar refractivity (Wildman–Crippen MR) is 50.5 cm³/mol. The highest BCUT2D eigenvalue weighted by Gasteiger charge is 2.25. The van der Waals surface area contributed by atoms with Gasteiger partial charge in [-0.2, -0.15) is 0 Å². The molecule has 2 unspecified atom stereocenters. The maximum Gasteiger partial charge on any atom is 0.319 e. The summed E-state index contributed by atoms with van der Waals surface area (Å²) in [6, 6.07) is 1.04. The van der Waals surface area contributed by atoms with E-state index in [-0.39, 0.29) is 5.97 Å². The molecule has 1 fully saturated rings. The lowest BCUT2D eigenvalue weighted by Crippen LogP contribution is -2.35. The van der Waals surface area contributed by atoms with Crippen LogP contribution in [0.5, 0.6) is 0 Å². The summed E-state index contributed by atoms with van der Waals surface area (Å²) < 4.78 is 4.55. The molecule has 1 aliphatic heterocycles. The van der Waals surface area contributed by atoms with E-state index in [0.29, 0.717) is 18.6 Å². The van der Waals surface area contributed by atoms with Gasteiger partial charge in [-0.15, -0.1) is 0 Å². The molecule has 4 heteroatoms. The maximum atomic E-state index is 10.8. The van der Waals surface area contributed by atoms with Crippen LogP contribution in [0.3, 0.4) is 0 Å². The van der Waals surface area contributed by atoms with Crippen molar-refractivity contribution >= 4 is 5.97 Å². The molecule has 0 aromatic heterocycles. The van der Waals surface area contributed by atoms with Gasteiger partial charge in [0.15, 0.2) is 0 Å². The number of ether oxygens (including phenoxy) is 1. The van der Waals surface area contributed by atoms with E-state index < -0.39 is 0 Å². The first-order valence-corrected chi connectivity index (χ1v) is 4.64. The van der Waals surface area contributed by atoms with Crippen molar-refractivity contribution < 1.29 is 9.53 Å². The summed E-state index contributed by atoms with van der Waals surface area (Å²) >= 11 is 0. The third-order valence-corrected chi connectivity index (χ3v) is 2.65. The van der Waals surface area contributed by atoms with Gasteiger partial charge >= 0.3 is 5.97 Å². The van der Waals surface area contributed by atoms with Crippen molar-refractivity contribution in [3.63, 3.8) is 0 Å². The summed E-state index contributed by atoms with van der Waals surface area (Å²) in [7, 11) is 3.51. The van der Waals surface area contributed by atoms with Gasteiger partial charge in [-0.1, -0.05) is 0 Å². The van der Waals surface area contributed by atoms with Gasteiger partial charge in [0.1, 0.15) is 0 Å². The normalized spacial score (nSPS) is 29.2. The number of nitrogens with zero attached hydrogens (tertiary/aromatic N) is 1. The fourth-order valence-corrected chi connectivity index (χ4v) is 1.64. The second kappa shape index (κ2) is 4.58. The largest absolute Gasteiger partial charge is 0.468 e. The zero-order chi connectivity index (χ0) is 9.84. The minimum Gasteiger partial charge on any atom is -0.468 e.